The van der Waals surface area contributed by atoms with Crippen molar-refractivity contribution in [3.8, 4) is 33.9 Å². The van der Waals surface area contributed by atoms with E-state index in [4.69, 9.17) is 0 Å². The van der Waals surface area contributed by atoms with Crippen LogP contribution in [0.15, 0.2) is 79.1 Å². The van der Waals surface area contributed by atoms with E-state index >= 15 is 0 Å². The quantitative estimate of drug-likeness (QED) is 0.616. The molecule has 0 fully saturated rings. The minimum atomic E-state index is 0.720. The van der Waals surface area contributed by atoms with Crippen LogP contribution in [0.25, 0.3) is 33.9 Å². The molecule has 0 bridgehead atoms. The van der Waals surface area contributed by atoms with Crippen LogP contribution < -0.4 is 0 Å². The molecule has 0 aliphatic heterocycles. The average Bonchev–Trinajstić information content (AvgIpc) is 3.14. The van der Waals surface area contributed by atoms with E-state index in [0.29, 0.717) is 0 Å². The molecule has 0 aliphatic rings. The summed E-state index contributed by atoms with van der Waals surface area (Å²) in [4.78, 5) is 8.90. The zero-order chi connectivity index (χ0) is 15.5. The minimum absolute atomic E-state index is 0.720. The smallest absolute Gasteiger partial charge is 0.159 e. The molecule has 2 aromatic heterocycles. The Morgan fingerprint density at radius 2 is 1.26 bits per heavy atom. The standard InChI is InChI=1S/C19H14N4/c1-3-7-14(8-4-1)17-11-18(23-22-17)16-12-20-19(21-13-16)15-9-5-2-6-10-15/h1-13H,(H,22,23). The number of nitrogens with zero attached hydrogens (tertiary/aromatic N) is 3. The molecular weight excluding hydrogens is 284 g/mol. The monoisotopic (exact) mass is 298 g/mol. The highest BCUT2D eigenvalue weighted by atomic mass is 15.1. The molecule has 4 rings (SSSR count). The molecule has 23 heavy (non-hydrogen) atoms. The summed E-state index contributed by atoms with van der Waals surface area (Å²) in [6.07, 6.45) is 3.63. The van der Waals surface area contributed by atoms with Crippen LogP contribution in [0.2, 0.25) is 0 Å². The molecule has 0 spiro atoms. The Bertz CT molecular complexity index is 897. The van der Waals surface area contributed by atoms with Crippen LogP contribution in [-0.4, -0.2) is 20.2 Å². The van der Waals surface area contributed by atoms with E-state index in [2.05, 4.69) is 20.2 Å². The molecule has 0 saturated carbocycles. The first-order chi connectivity index (χ1) is 11.4. The van der Waals surface area contributed by atoms with Gasteiger partial charge in [0.15, 0.2) is 5.82 Å². The predicted molar refractivity (Wildman–Crippen MR) is 90.5 cm³/mol. The Kier molecular flexibility index (Phi) is 3.41. The van der Waals surface area contributed by atoms with Gasteiger partial charge in [-0.2, -0.15) is 5.10 Å². The summed E-state index contributed by atoms with van der Waals surface area (Å²) < 4.78 is 0. The average molecular weight is 298 g/mol. The van der Waals surface area contributed by atoms with Crippen LogP contribution in [0.5, 0.6) is 0 Å². The molecule has 4 nitrogen and oxygen atoms in total. The van der Waals surface area contributed by atoms with Gasteiger partial charge in [-0.3, -0.25) is 5.10 Å². The highest BCUT2D eigenvalue weighted by molar-refractivity contribution is 5.67. The van der Waals surface area contributed by atoms with E-state index in [1.54, 1.807) is 0 Å². The van der Waals surface area contributed by atoms with Crippen LogP contribution in [0.4, 0.5) is 0 Å². The zero-order valence-corrected chi connectivity index (χ0v) is 12.3. The fourth-order valence-corrected chi connectivity index (χ4v) is 2.43. The predicted octanol–water partition coefficient (Wildman–Crippen LogP) is 4.20. The van der Waals surface area contributed by atoms with Gasteiger partial charge in [0, 0.05) is 29.1 Å². The number of aromatic amines is 1. The van der Waals surface area contributed by atoms with Crippen LogP contribution in [-0.2, 0) is 0 Å². The second-order valence-corrected chi connectivity index (χ2v) is 5.19. The molecule has 4 heteroatoms. The van der Waals surface area contributed by atoms with E-state index in [9.17, 15) is 0 Å². The first kappa shape index (κ1) is 13.4. The van der Waals surface area contributed by atoms with Crippen molar-refractivity contribution in [3.63, 3.8) is 0 Å². The second kappa shape index (κ2) is 5.85. The maximum Gasteiger partial charge on any atom is 0.159 e. The summed E-state index contributed by atoms with van der Waals surface area (Å²) in [5.74, 6) is 0.720. The molecule has 1 N–H and O–H groups in total. The Morgan fingerprint density at radius 3 is 1.91 bits per heavy atom. The molecule has 2 heterocycles. The number of rotatable bonds is 3. The maximum atomic E-state index is 4.45. The van der Waals surface area contributed by atoms with Crippen molar-refractivity contribution in [1.29, 1.82) is 0 Å². The zero-order valence-electron chi connectivity index (χ0n) is 12.3. The van der Waals surface area contributed by atoms with Crippen molar-refractivity contribution in [2.75, 3.05) is 0 Å². The van der Waals surface area contributed by atoms with Gasteiger partial charge in [-0.25, -0.2) is 9.97 Å². The van der Waals surface area contributed by atoms with Crippen molar-refractivity contribution in [2.24, 2.45) is 0 Å². The molecule has 0 amide bonds. The van der Waals surface area contributed by atoms with E-state index in [1.165, 1.54) is 0 Å². The normalized spacial score (nSPS) is 10.6. The molecule has 0 radical (unpaired) electrons. The molecule has 0 aliphatic carbocycles. The van der Waals surface area contributed by atoms with Gasteiger partial charge in [0.25, 0.3) is 0 Å². The van der Waals surface area contributed by atoms with Crippen molar-refractivity contribution < 1.29 is 0 Å². The lowest BCUT2D eigenvalue weighted by atomic mass is 10.1. The van der Waals surface area contributed by atoms with Gasteiger partial charge in [-0.05, 0) is 6.07 Å². The van der Waals surface area contributed by atoms with Crippen molar-refractivity contribution in [1.82, 2.24) is 20.2 Å². The van der Waals surface area contributed by atoms with Crippen LogP contribution in [0.3, 0.4) is 0 Å². The number of H-pyrrole nitrogens is 1. The summed E-state index contributed by atoms with van der Waals surface area (Å²) in [6.45, 7) is 0. The number of nitrogens with one attached hydrogen (secondary N) is 1. The summed E-state index contributed by atoms with van der Waals surface area (Å²) in [5.41, 5.74) is 4.82. The largest absolute Gasteiger partial charge is 0.277 e. The van der Waals surface area contributed by atoms with Gasteiger partial charge >= 0.3 is 0 Å². The SMILES string of the molecule is c1ccc(-c2cc(-c3cnc(-c4ccccc4)nc3)[nH]n2)cc1. The lowest BCUT2D eigenvalue weighted by Gasteiger charge is -2.00. The summed E-state index contributed by atoms with van der Waals surface area (Å²) >= 11 is 0. The van der Waals surface area contributed by atoms with Crippen molar-refractivity contribution in [3.05, 3.63) is 79.1 Å². The summed E-state index contributed by atoms with van der Waals surface area (Å²) in [5, 5.41) is 7.41. The Labute approximate surface area is 133 Å². The lowest BCUT2D eigenvalue weighted by Crippen LogP contribution is -1.89. The number of hydrogen-bond donors (Lipinski definition) is 1. The lowest BCUT2D eigenvalue weighted by molar-refractivity contribution is 1.09. The third-order valence-corrected chi connectivity index (χ3v) is 3.64. The fraction of sp³-hybridized carbons (Fsp3) is 0. The highest BCUT2D eigenvalue weighted by Gasteiger charge is 2.07. The van der Waals surface area contributed by atoms with Crippen molar-refractivity contribution in [2.45, 2.75) is 0 Å². The highest BCUT2D eigenvalue weighted by Crippen LogP contribution is 2.23. The van der Waals surface area contributed by atoms with E-state index < -0.39 is 0 Å². The number of hydrogen-bond acceptors (Lipinski definition) is 3. The molecule has 2 aromatic carbocycles. The molecule has 4 aromatic rings. The Balaban J connectivity index is 1.63. The number of benzene rings is 2. The molecule has 0 unspecified atom stereocenters. The Morgan fingerprint density at radius 1 is 0.652 bits per heavy atom. The minimum Gasteiger partial charge on any atom is -0.277 e. The molecular formula is C19H14N4. The third kappa shape index (κ3) is 2.74. The van der Waals surface area contributed by atoms with Gasteiger partial charge in [-0.15, -0.1) is 0 Å². The summed E-state index contributed by atoms with van der Waals surface area (Å²) in [7, 11) is 0. The van der Waals surface area contributed by atoms with Gasteiger partial charge in [0.1, 0.15) is 0 Å². The van der Waals surface area contributed by atoms with Crippen LogP contribution in [0.1, 0.15) is 0 Å². The number of aromatic nitrogens is 4. The van der Waals surface area contributed by atoms with Crippen LogP contribution in [0, 0.1) is 0 Å². The Hall–Kier alpha value is -3.27. The molecule has 0 saturated heterocycles. The topological polar surface area (TPSA) is 54.5 Å². The third-order valence-electron chi connectivity index (χ3n) is 3.64. The van der Waals surface area contributed by atoms with Gasteiger partial charge in [0.2, 0.25) is 0 Å². The molecule has 0 atom stereocenters. The van der Waals surface area contributed by atoms with E-state index in [-0.39, 0.29) is 0 Å². The van der Waals surface area contributed by atoms with E-state index in [0.717, 1.165) is 33.9 Å². The van der Waals surface area contributed by atoms with Crippen LogP contribution >= 0.6 is 0 Å². The fourth-order valence-electron chi connectivity index (χ4n) is 2.43. The first-order valence-electron chi connectivity index (χ1n) is 7.39. The summed E-state index contributed by atoms with van der Waals surface area (Å²) in [6, 6.07) is 22.0. The van der Waals surface area contributed by atoms with Gasteiger partial charge in [0.05, 0.1) is 11.4 Å². The maximum absolute atomic E-state index is 4.45. The first-order valence-corrected chi connectivity index (χ1v) is 7.39. The van der Waals surface area contributed by atoms with Gasteiger partial charge in [-0.1, -0.05) is 60.7 Å². The van der Waals surface area contributed by atoms with Gasteiger partial charge < -0.3 is 0 Å². The van der Waals surface area contributed by atoms with E-state index in [1.807, 2.05) is 79.1 Å². The molecule has 110 valence electrons. The van der Waals surface area contributed by atoms with Crippen molar-refractivity contribution >= 4 is 0 Å². The second-order valence-electron chi connectivity index (χ2n) is 5.19.